The van der Waals surface area contributed by atoms with Crippen LogP contribution in [0, 0.1) is 11.3 Å². The van der Waals surface area contributed by atoms with Crippen LogP contribution in [0.15, 0.2) is 22.7 Å². The fourth-order valence-corrected chi connectivity index (χ4v) is 2.96. The van der Waals surface area contributed by atoms with Crippen molar-refractivity contribution in [2.45, 2.75) is 32.4 Å². The molecule has 1 N–H and O–H groups in total. The highest BCUT2D eigenvalue weighted by Gasteiger charge is 2.23. The van der Waals surface area contributed by atoms with E-state index in [1.54, 1.807) is 0 Å². The second-order valence-electron chi connectivity index (χ2n) is 5.31. The van der Waals surface area contributed by atoms with E-state index >= 15 is 0 Å². The first kappa shape index (κ1) is 16.3. The summed E-state index contributed by atoms with van der Waals surface area (Å²) in [6.07, 6.45) is 0.774. The van der Waals surface area contributed by atoms with Crippen molar-refractivity contribution in [3.8, 4) is 6.07 Å². The quantitative estimate of drug-likeness (QED) is 0.884. The summed E-state index contributed by atoms with van der Waals surface area (Å²) in [6.45, 7) is 7.41. The summed E-state index contributed by atoms with van der Waals surface area (Å²) in [4.78, 5) is 2.25. The first-order chi connectivity index (χ1) is 10.2. The highest BCUT2D eigenvalue weighted by atomic mass is 79.9. The molecule has 21 heavy (non-hydrogen) atoms. The summed E-state index contributed by atoms with van der Waals surface area (Å²) in [7, 11) is 0. The molecule has 1 aliphatic heterocycles. The van der Waals surface area contributed by atoms with Gasteiger partial charge in [-0.05, 0) is 43.7 Å². The third-order valence-electron chi connectivity index (χ3n) is 3.71. The zero-order valence-electron chi connectivity index (χ0n) is 12.6. The molecular formula is C16H22BrN3O. The summed E-state index contributed by atoms with van der Waals surface area (Å²) in [5.74, 6) is 0. The van der Waals surface area contributed by atoms with Crippen molar-refractivity contribution in [1.29, 1.82) is 5.26 Å². The van der Waals surface area contributed by atoms with Crippen molar-refractivity contribution < 1.29 is 4.74 Å². The van der Waals surface area contributed by atoms with Crippen molar-refractivity contribution in [2.24, 2.45) is 0 Å². The summed E-state index contributed by atoms with van der Waals surface area (Å²) in [6, 6.07) is 8.84. The van der Waals surface area contributed by atoms with Gasteiger partial charge in [-0.3, -0.25) is 0 Å². The zero-order valence-corrected chi connectivity index (χ0v) is 14.2. The van der Waals surface area contributed by atoms with Crippen molar-refractivity contribution >= 4 is 21.6 Å². The summed E-state index contributed by atoms with van der Waals surface area (Å²) >= 11 is 3.56. The van der Waals surface area contributed by atoms with E-state index in [-0.39, 0.29) is 12.1 Å². The SMILES string of the molecule is CCCNC(C)c1cc(Br)ccc1N1CCOC(C#N)C1. The zero-order chi connectivity index (χ0) is 15.2. The minimum atomic E-state index is -0.339. The molecule has 114 valence electrons. The lowest BCUT2D eigenvalue weighted by atomic mass is 10.0. The standard InChI is InChI=1S/C16H22BrN3O/c1-3-6-19-12(2)15-9-13(17)4-5-16(15)20-7-8-21-14(10-18)11-20/h4-5,9,12,14,19H,3,6-8,11H2,1-2H3. The Hall–Kier alpha value is -1.09. The second-order valence-corrected chi connectivity index (χ2v) is 6.23. The van der Waals surface area contributed by atoms with Crippen molar-refractivity contribution in [1.82, 2.24) is 5.32 Å². The first-order valence-corrected chi connectivity index (χ1v) is 8.24. The monoisotopic (exact) mass is 351 g/mol. The molecule has 1 aliphatic rings. The molecule has 1 fully saturated rings. The molecule has 1 heterocycles. The van der Waals surface area contributed by atoms with Crippen LogP contribution in [0.25, 0.3) is 0 Å². The maximum atomic E-state index is 9.07. The van der Waals surface area contributed by atoms with Gasteiger partial charge in [-0.1, -0.05) is 22.9 Å². The number of nitriles is 1. The van der Waals surface area contributed by atoms with Crippen LogP contribution in [0.3, 0.4) is 0 Å². The lowest BCUT2D eigenvalue weighted by Gasteiger charge is -2.34. The largest absolute Gasteiger partial charge is 0.365 e. The van der Waals surface area contributed by atoms with E-state index in [2.05, 4.69) is 64.3 Å². The van der Waals surface area contributed by atoms with Gasteiger partial charge in [0.25, 0.3) is 0 Å². The Balaban J connectivity index is 2.24. The number of halogens is 1. The lowest BCUT2D eigenvalue weighted by molar-refractivity contribution is 0.0763. The minimum Gasteiger partial charge on any atom is -0.365 e. The molecule has 0 saturated carbocycles. The third kappa shape index (κ3) is 4.19. The van der Waals surface area contributed by atoms with Gasteiger partial charge in [0.2, 0.25) is 0 Å². The Morgan fingerprint density at radius 2 is 2.38 bits per heavy atom. The van der Waals surface area contributed by atoms with Gasteiger partial charge >= 0.3 is 0 Å². The molecule has 0 aromatic heterocycles. The minimum absolute atomic E-state index is 0.279. The number of hydrogen-bond donors (Lipinski definition) is 1. The Morgan fingerprint density at radius 3 is 3.10 bits per heavy atom. The topological polar surface area (TPSA) is 48.3 Å². The molecule has 4 nitrogen and oxygen atoms in total. The molecule has 0 radical (unpaired) electrons. The van der Waals surface area contributed by atoms with Gasteiger partial charge in [0, 0.05) is 22.7 Å². The fourth-order valence-electron chi connectivity index (χ4n) is 2.58. The number of anilines is 1. The van der Waals surface area contributed by atoms with E-state index < -0.39 is 0 Å². The molecule has 5 heteroatoms. The predicted molar refractivity (Wildman–Crippen MR) is 88.4 cm³/mol. The van der Waals surface area contributed by atoms with E-state index in [0.717, 1.165) is 24.0 Å². The average molecular weight is 352 g/mol. The predicted octanol–water partition coefficient (Wildman–Crippen LogP) is 3.24. The lowest BCUT2D eigenvalue weighted by Crippen LogP contribution is -2.42. The van der Waals surface area contributed by atoms with Crippen LogP contribution in [0.2, 0.25) is 0 Å². The van der Waals surface area contributed by atoms with E-state index in [4.69, 9.17) is 10.00 Å². The fraction of sp³-hybridized carbons (Fsp3) is 0.562. The smallest absolute Gasteiger partial charge is 0.161 e. The van der Waals surface area contributed by atoms with Crippen LogP contribution in [0.4, 0.5) is 5.69 Å². The van der Waals surface area contributed by atoms with Gasteiger partial charge in [-0.25, -0.2) is 0 Å². The van der Waals surface area contributed by atoms with Crippen LogP contribution < -0.4 is 10.2 Å². The first-order valence-electron chi connectivity index (χ1n) is 7.44. The van der Waals surface area contributed by atoms with Crippen LogP contribution in [-0.4, -0.2) is 32.3 Å². The van der Waals surface area contributed by atoms with Gasteiger partial charge in [0.15, 0.2) is 6.10 Å². The van der Waals surface area contributed by atoms with Crippen molar-refractivity contribution in [3.63, 3.8) is 0 Å². The van der Waals surface area contributed by atoms with Crippen molar-refractivity contribution in [3.05, 3.63) is 28.2 Å². The number of rotatable bonds is 5. The Bertz CT molecular complexity index is 515. The van der Waals surface area contributed by atoms with E-state index in [1.807, 2.05) is 0 Å². The number of morpholine rings is 1. The molecule has 0 bridgehead atoms. The molecule has 2 unspecified atom stereocenters. The molecule has 1 saturated heterocycles. The van der Waals surface area contributed by atoms with Gasteiger partial charge in [-0.15, -0.1) is 0 Å². The van der Waals surface area contributed by atoms with Crippen LogP contribution in [0.1, 0.15) is 31.9 Å². The van der Waals surface area contributed by atoms with Crippen LogP contribution >= 0.6 is 15.9 Å². The summed E-state index contributed by atoms with van der Waals surface area (Å²) < 4.78 is 6.52. The average Bonchev–Trinajstić information content (AvgIpc) is 2.52. The Kier molecular flexibility index (Phi) is 6.04. The van der Waals surface area contributed by atoms with E-state index in [1.165, 1.54) is 11.3 Å². The maximum absolute atomic E-state index is 9.07. The van der Waals surface area contributed by atoms with Gasteiger partial charge in [-0.2, -0.15) is 5.26 Å². The third-order valence-corrected chi connectivity index (χ3v) is 4.20. The van der Waals surface area contributed by atoms with Crippen molar-refractivity contribution in [2.75, 3.05) is 31.1 Å². The molecule has 2 rings (SSSR count). The highest BCUT2D eigenvalue weighted by Crippen LogP contribution is 2.30. The summed E-state index contributed by atoms with van der Waals surface area (Å²) in [5.41, 5.74) is 2.45. The second kappa shape index (κ2) is 7.79. The molecule has 0 amide bonds. The normalized spacial score (nSPS) is 20.1. The van der Waals surface area contributed by atoms with Crippen LogP contribution in [-0.2, 0) is 4.74 Å². The number of nitrogens with zero attached hydrogens (tertiary/aromatic N) is 2. The molecular weight excluding hydrogens is 330 g/mol. The number of nitrogens with one attached hydrogen (secondary N) is 1. The van der Waals surface area contributed by atoms with E-state index in [9.17, 15) is 0 Å². The van der Waals surface area contributed by atoms with Gasteiger partial charge in [0.05, 0.1) is 19.2 Å². The van der Waals surface area contributed by atoms with E-state index in [0.29, 0.717) is 13.2 Å². The van der Waals surface area contributed by atoms with Crippen LogP contribution in [0.5, 0.6) is 0 Å². The molecule has 1 aromatic rings. The van der Waals surface area contributed by atoms with Gasteiger partial charge in [0.1, 0.15) is 0 Å². The number of hydrogen-bond acceptors (Lipinski definition) is 4. The Labute approximate surface area is 135 Å². The number of ether oxygens (including phenoxy) is 1. The Morgan fingerprint density at radius 1 is 1.57 bits per heavy atom. The summed E-state index contributed by atoms with van der Waals surface area (Å²) in [5, 5.41) is 12.6. The maximum Gasteiger partial charge on any atom is 0.161 e. The molecule has 1 aromatic carbocycles. The number of benzene rings is 1. The van der Waals surface area contributed by atoms with Gasteiger partial charge < -0.3 is 15.0 Å². The molecule has 0 spiro atoms. The highest BCUT2D eigenvalue weighted by molar-refractivity contribution is 9.10. The molecule has 0 aliphatic carbocycles. The molecule has 2 atom stereocenters.